The van der Waals surface area contributed by atoms with Gasteiger partial charge in [0, 0.05) is 13.1 Å². The van der Waals surface area contributed by atoms with Crippen molar-refractivity contribution in [1.29, 1.82) is 0 Å². The van der Waals surface area contributed by atoms with Crippen LogP contribution < -0.4 is 10.5 Å². The van der Waals surface area contributed by atoms with Crippen LogP contribution in [0.15, 0.2) is 48.5 Å². The molecule has 2 aromatic rings. The average Bonchev–Trinajstić information content (AvgIpc) is 2.48. The summed E-state index contributed by atoms with van der Waals surface area (Å²) >= 11 is 0. The first kappa shape index (κ1) is 17.5. The molecule has 0 radical (unpaired) electrons. The van der Waals surface area contributed by atoms with E-state index in [4.69, 9.17) is 10.5 Å². The third-order valence-corrected chi connectivity index (χ3v) is 3.18. The van der Waals surface area contributed by atoms with Crippen molar-refractivity contribution in [2.24, 2.45) is 5.73 Å². The molecular weight excluding hydrogens is 284 g/mol. The van der Waals surface area contributed by atoms with Gasteiger partial charge in [-0.2, -0.15) is 0 Å². The zero-order chi connectivity index (χ0) is 14.4. The molecule has 21 heavy (non-hydrogen) atoms. The van der Waals surface area contributed by atoms with Gasteiger partial charge in [0.15, 0.2) is 0 Å². The van der Waals surface area contributed by atoms with Crippen LogP contribution >= 0.6 is 12.4 Å². The Labute approximate surface area is 133 Å². The van der Waals surface area contributed by atoms with Gasteiger partial charge < -0.3 is 15.4 Å². The molecule has 0 heterocycles. The van der Waals surface area contributed by atoms with Crippen molar-refractivity contribution in [2.75, 3.05) is 27.2 Å². The summed E-state index contributed by atoms with van der Waals surface area (Å²) < 4.78 is 5.69. The summed E-state index contributed by atoms with van der Waals surface area (Å²) in [6.07, 6.45) is 0. The topological polar surface area (TPSA) is 38.5 Å². The fourth-order valence-electron chi connectivity index (χ4n) is 1.92. The van der Waals surface area contributed by atoms with Crippen molar-refractivity contribution in [2.45, 2.75) is 6.54 Å². The maximum absolute atomic E-state index is 5.69. The molecule has 0 aliphatic heterocycles. The lowest BCUT2D eigenvalue weighted by molar-refractivity contribution is 0.261. The zero-order valence-electron chi connectivity index (χ0n) is 12.6. The molecule has 0 saturated heterocycles. The number of hydrogen-bond donors (Lipinski definition) is 1. The second-order valence-corrected chi connectivity index (χ2v) is 5.08. The van der Waals surface area contributed by atoms with Gasteiger partial charge in [0.1, 0.15) is 12.4 Å². The molecule has 3 nitrogen and oxygen atoms in total. The Bertz CT molecular complexity index is 523. The Morgan fingerprint density at radius 1 is 0.905 bits per heavy atom. The predicted octanol–water partition coefficient (Wildman–Crippen LogP) is 3.17. The lowest BCUT2D eigenvalue weighted by Gasteiger charge is -2.11. The van der Waals surface area contributed by atoms with E-state index < -0.39 is 0 Å². The number of nitrogens with two attached hydrogens (primary N) is 1. The summed E-state index contributed by atoms with van der Waals surface area (Å²) in [4.78, 5) is 2.10. The van der Waals surface area contributed by atoms with Crippen molar-refractivity contribution < 1.29 is 4.74 Å². The van der Waals surface area contributed by atoms with E-state index in [-0.39, 0.29) is 12.4 Å². The summed E-state index contributed by atoms with van der Waals surface area (Å²) in [6.45, 7) is 2.21. The molecule has 0 aromatic heterocycles. The van der Waals surface area contributed by atoms with E-state index in [0.29, 0.717) is 13.2 Å². The fourth-order valence-corrected chi connectivity index (χ4v) is 1.92. The highest BCUT2D eigenvalue weighted by atomic mass is 35.5. The standard InChI is InChI=1S/C17H22N2O.ClH/c1-19(2)11-12-20-17-9-7-16(8-10-17)15-5-3-14(13-18)4-6-15;/h3-10H,11-13,18H2,1-2H3;1H. The van der Waals surface area contributed by atoms with Crippen LogP contribution in [0.4, 0.5) is 0 Å². The molecule has 2 aromatic carbocycles. The Kier molecular flexibility index (Phi) is 7.23. The molecule has 0 spiro atoms. The van der Waals surface area contributed by atoms with Gasteiger partial charge in [-0.1, -0.05) is 36.4 Å². The largest absolute Gasteiger partial charge is 0.492 e. The van der Waals surface area contributed by atoms with Crippen molar-refractivity contribution >= 4 is 12.4 Å². The van der Waals surface area contributed by atoms with E-state index in [9.17, 15) is 0 Å². The van der Waals surface area contributed by atoms with Gasteiger partial charge >= 0.3 is 0 Å². The minimum absolute atomic E-state index is 0. The van der Waals surface area contributed by atoms with Gasteiger partial charge in [-0.15, -0.1) is 12.4 Å². The number of ether oxygens (including phenoxy) is 1. The van der Waals surface area contributed by atoms with Crippen molar-refractivity contribution in [3.05, 3.63) is 54.1 Å². The van der Waals surface area contributed by atoms with Crippen LogP contribution in [-0.2, 0) is 6.54 Å². The molecule has 0 bridgehead atoms. The lowest BCUT2D eigenvalue weighted by Crippen LogP contribution is -2.19. The molecule has 2 N–H and O–H groups in total. The molecule has 0 aliphatic carbocycles. The van der Waals surface area contributed by atoms with Crippen LogP contribution in [0.2, 0.25) is 0 Å². The highest BCUT2D eigenvalue weighted by Gasteiger charge is 1.99. The van der Waals surface area contributed by atoms with Crippen LogP contribution in [0.25, 0.3) is 11.1 Å². The smallest absolute Gasteiger partial charge is 0.119 e. The number of likely N-dealkylation sites (N-methyl/N-ethyl adjacent to an activating group) is 1. The maximum Gasteiger partial charge on any atom is 0.119 e. The number of benzene rings is 2. The molecular formula is C17H23ClN2O. The van der Waals surface area contributed by atoms with Crippen LogP contribution in [-0.4, -0.2) is 32.1 Å². The molecule has 0 fully saturated rings. The number of hydrogen-bond acceptors (Lipinski definition) is 3. The summed E-state index contributed by atoms with van der Waals surface area (Å²) in [5.41, 5.74) is 9.14. The van der Waals surface area contributed by atoms with Gasteiger partial charge in [-0.25, -0.2) is 0 Å². The van der Waals surface area contributed by atoms with Crippen LogP contribution in [0, 0.1) is 0 Å². The van der Waals surface area contributed by atoms with E-state index in [1.807, 2.05) is 26.2 Å². The SMILES string of the molecule is CN(C)CCOc1ccc(-c2ccc(CN)cc2)cc1.Cl. The average molecular weight is 307 g/mol. The predicted molar refractivity (Wildman–Crippen MR) is 91.1 cm³/mol. The quantitative estimate of drug-likeness (QED) is 0.891. The minimum Gasteiger partial charge on any atom is -0.492 e. The summed E-state index contributed by atoms with van der Waals surface area (Å²) in [6, 6.07) is 16.5. The molecule has 4 heteroatoms. The maximum atomic E-state index is 5.69. The summed E-state index contributed by atoms with van der Waals surface area (Å²) in [5, 5.41) is 0. The van der Waals surface area contributed by atoms with Crippen molar-refractivity contribution in [3.63, 3.8) is 0 Å². The second kappa shape index (κ2) is 8.67. The van der Waals surface area contributed by atoms with E-state index >= 15 is 0 Å². The number of rotatable bonds is 6. The second-order valence-electron chi connectivity index (χ2n) is 5.08. The minimum atomic E-state index is 0. The molecule has 0 saturated carbocycles. The molecule has 0 amide bonds. The van der Waals surface area contributed by atoms with Gasteiger partial charge in [0.05, 0.1) is 0 Å². The van der Waals surface area contributed by atoms with Gasteiger partial charge in [-0.3, -0.25) is 0 Å². The lowest BCUT2D eigenvalue weighted by atomic mass is 10.0. The first-order chi connectivity index (χ1) is 9.69. The third kappa shape index (κ3) is 5.38. The summed E-state index contributed by atoms with van der Waals surface area (Å²) in [7, 11) is 4.08. The van der Waals surface area contributed by atoms with Crippen LogP contribution in [0.5, 0.6) is 5.75 Å². The normalized spacial score (nSPS) is 10.3. The molecule has 2 rings (SSSR count). The Morgan fingerprint density at radius 2 is 1.43 bits per heavy atom. The first-order valence-electron chi connectivity index (χ1n) is 6.86. The van der Waals surface area contributed by atoms with E-state index in [1.165, 1.54) is 11.1 Å². The number of nitrogens with zero attached hydrogens (tertiary/aromatic N) is 1. The zero-order valence-corrected chi connectivity index (χ0v) is 13.4. The van der Waals surface area contributed by atoms with E-state index in [0.717, 1.165) is 17.9 Å². The number of halogens is 1. The Balaban J connectivity index is 0.00000220. The van der Waals surface area contributed by atoms with E-state index in [1.54, 1.807) is 0 Å². The van der Waals surface area contributed by atoms with E-state index in [2.05, 4.69) is 41.3 Å². The Hall–Kier alpha value is -1.55. The molecule has 0 aliphatic rings. The first-order valence-corrected chi connectivity index (χ1v) is 6.86. The van der Waals surface area contributed by atoms with Gasteiger partial charge in [0.2, 0.25) is 0 Å². The van der Waals surface area contributed by atoms with Gasteiger partial charge in [0.25, 0.3) is 0 Å². The summed E-state index contributed by atoms with van der Waals surface area (Å²) in [5.74, 6) is 0.911. The molecule has 0 atom stereocenters. The van der Waals surface area contributed by atoms with Crippen molar-refractivity contribution in [1.82, 2.24) is 4.90 Å². The molecule has 0 unspecified atom stereocenters. The monoisotopic (exact) mass is 306 g/mol. The van der Waals surface area contributed by atoms with Crippen LogP contribution in [0.3, 0.4) is 0 Å². The van der Waals surface area contributed by atoms with Crippen molar-refractivity contribution in [3.8, 4) is 16.9 Å². The molecule has 114 valence electrons. The highest BCUT2D eigenvalue weighted by Crippen LogP contribution is 2.22. The third-order valence-electron chi connectivity index (χ3n) is 3.18. The Morgan fingerprint density at radius 3 is 1.90 bits per heavy atom. The van der Waals surface area contributed by atoms with Crippen LogP contribution in [0.1, 0.15) is 5.56 Å². The highest BCUT2D eigenvalue weighted by molar-refractivity contribution is 5.85. The fraction of sp³-hybridized carbons (Fsp3) is 0.294. The van der Waals surface area contributed by atoms with Gasteiger partial charge in [-0.05, 0) is 42.9 Å².